The minimum absolute atomic E-state index is 0.0184. The van der Waals surface area contributed by atoms with E-state index in [1.807, 2.05) is 34.5 Å². The molecule has 0 aliphatic carbocycles. The van der Waals surface area contributed by atoms with Gasteiger partial charge in [0.15, 0.2) is 0 Å². The highest BCUT2D eigenvalue weighted by molar-refractivity contribution is 7.10. The number of halogens is 1. The van der Waals surface area contributed by atoms with E-state index in [2.05, 4.69) is 13.8 Å². The van der Waals surface area contributed by atoms with Gasteiger partial charge in [-0.2, -0.15) is 0 Å². The zero-order chi connectivity index (χ0) is 24.8. The number of hydrogen-bond donors (Lipinski definition) is 0. The van der Waals surface area contributed by atoms with E-state index in [1.165, 1.54) is 17.0 Å². The first kappa shape index (κ1) is 24.9. The first-order valence-corrected chi connectivity index (χ1v) is 12.9. The number of fused-ring (bicyclic) bond motifs is 1. The third-order valence-corrected chi connectivity index (χ3v) is 7.50. The maximum Gasteiger partial charge on any atom is 0.254 e. The Morgan fingerprint density at radius 3 is 2.60 bits per heavy atom. The summed E-state index contributed by atoms with van der Waals surface area (Å²) in [6.45, 7) is 5.55. The molecule has 2 amide bonds. The lowest BCUT2D eigenvalue weighted by atomic mass is 10.00. The molecule has 0 fully saturated rings. The molecule has 0 N–H and O–H groups in total. The molecule has 0 spiro atoms. The number of thiophene rings is 1. The van der Waals surface area contributed by atoms with Crippen LogP contribution in [0.1, 0.15) is 47.1 Å². The highest BCUT2D eigenvalue weighted by Crippen LogP contribution is 2.34. The molecule has 2 atom stereocenters. The van der Waals surface area contributed by atoms with Crippen LogP contribution in [0.4, 0.5) is 4.39 Å². The molecule has 0 saturated carbocycles. The lowest BCUT2D eigenvalue weighted by Gasteiger charge is -2.37. The molecular weight excluding hydrogens is 463 g/mol. The van der Waals surface area contributed by atoms with Crippen LogP contribution in [-0.2, 0) is 11.2 Å². The summed E-state index contributed by atoms with van der Waals surface area (Å²) in [5, 5.41) is 2.04. The molecule has 2 aromatic carbocycles. The first-order valence-electron chi connectivity index (χ1n) is 12.0. The van der Waals surface area contributed by atoms with Gasteiger partial charge in [-0.1, -0.05) is 38.5 Å². The maximum atomic E-state index is 13.6. The van der Waals surface area contributed by atoms with E-state index in [1.54, 1.807) is 40.5 Å². The second-order valence-corrected chi connectivity index (χ2v) is 9.98. The molecule has 0 bridgehead atoms. The smallest absolute Gasteiger partial charge is 0.254 e. The Hall–Kier alpha value is -3.19. The van der Waals surface area contributed by atoms with Crippen molar-refractivity contribution in [3.05, 3.63) is 87.9 Å². The van der Waals surface area contributed by atoms with Crippen LogP contribution in [-0.4, -0.2) is 47.9 Å². The van der Waals surface area contributed by atoms with Gasteiger partial charge in [-0.3, -0.25) is 9.59 Å². The summed E-state index contributed by atoms with van der Waals surface area (Å²) >= 11 is 1.69. The van der Waals surface area contributed by atoms with E-state index in [4.69, 9.17) is 4.74 Å². The van der Waals surface area contributed by atoms with E-state index in [-0.39, 0.29) is 42.7 Å². The van der Waals surface area contributed by atoms with Crippen molar-refractivity contribution in [3.63, 3.8) is 0 Å². The van der Waals surface area contributed by atoms with Crippen LogP contribution in [0.15, 0.2) is 66.0 Å². The first-order chi connectivity index (χ1) is 17.0. The molecule has 0 saturated heterocycles. The second-order valence-electron chi connectivity index (χ2n) is 8.98. The Balaban J connectivity index is 1.53. The average Bonchev–Trinajstić information content (AvgIpc) is 3.37. The van der Waals surface area contributed by atoms with E-state index in [9.17, 15) is 14.0 Å². The summed E-state index contributed by atoms with van der Waals surface area (Å²) in [5.74, 6) is 0.280. The normalized spacial score (nSPS) is 15.9. The number of rotatable bonds is 9. The zero-order valence-electron chi connectivity index (χ0n) is 20.2. The van der Waals surface area contributed by atoms with Crippen molar-refractivity contribution in [2.24, 2.45) is 5.92 Å². The number of hydrogen-bond acceptors (Lipinski definition) is 4. The number of benzene rings is 2. The van der Waals surface area contributed by atoms with Gasteiger partial charge in [0.2, 0.25) is 5.91 Å². The monoisotopic (exact) mass is 494 g/mol. The molecule has 3 aromatic rings. The number of amides is 2. The van der Waals surface area contributed by atoms with Crippen molar-refractivity contribution in [2.75, 3.05) is 26.2 Å². The minimum atomic E-state index is -0.323. The molecule has 0 unspecified atom stereocenters. The standard InChI is InChI=1S/C28H31FN2O3S/c1-3-20(2)17-30(28(33)21-7-5-4-6-8-21)18-27(32)31-15-13-26-24(14-16-35-26)25(31)19-34-23-11-9-22(29)10-12-23/h4-12,14,16,20,25H,3,13,15,17-19H2,1-2H3/t20-,25+/m0/s1. The highest BCUT2D eigenvalue weighted by Gasteiger charge is 2.34. The van der Waals surface area contributed by atoms with Crippen molar-refractivity contribution in [2.45, 2.75) is 32.7 Å². The molecule has 1 aromatic heterocycles. The van der Waals surface area contributed by atoms with Crippen molar-refractivity contribution >= 4 is 23.2 Å². The Morgan fingerprint density at radius 1 is 1.14 bits per heavy atom. The lowest BCUT2D eigenvalue weighted by Crippen LogP contribution is -2.48. The molecule has 4 rings (SSSR count). The second kappa shape index (κ2) is 11.5. The van der Waals surface area contributed by atoms with Crippen LogP contribution in [0.2, 0.25) is 0 Å². The molecule has 184 valence electrons. The van der Waals surface area contributed by atoms with E-state index in [0.29, 0.717) is 24.4 Å². The quantitative estimate of drug-likeness (QED) is 0.390. The summed E-state index contributed by atoms with van der Waals surface area (Å²) < 4.78 is 19.3. The number of ether oxygens (including phenoxy) is 1. The molecule has 7 heteroatoms. The fraction of sp³-hybridized carbons (Fsp3) is 0.357. The summed E-state index contributed by atoms with van der Waals surface area (Å²) in [4.78, 5) is 31.7. The topological polar surface area (TPSA) is 49.9 Å². The number of carbonyl (C=O) groups is 2. The summed E-state index contributed by atoms with van der Waals surface area (Å²) in [6, 6.07) is 16.8. The lowest BCUT2D eigenvalue weighted by molar-refractivity contribution is -0.135. The predicted octanol–water partition coefficient (Wildman–Crippen LogP) is 5.58. The molecule has 1 aliphatic rings. The molecule has 5 nitrogen and oxygen atoms in total. The molecular formula is C28H31FN2O3S. The SMILES string of the molecule is CC[C@H](C)CN(CC(=O)N1CCc2sccc2[C@H]1COc1ccc(F)cc1)C(=O)c1ccccc1. The summed E-state index contributed by atoms with van der Waals surface area (Å²) in [7, 11) is 0. The Morgan fingerprint density at radius 2 is 1.89 bits per heavy atom. The van der Waals surface area contributed by atoms with Gasteiger partial charge in [-0.05, 0) is 65.7 Å². The van der Waals surface area contributed by atoms with Crippen molar-refractivity contribution in [1.29, 1.82) is 0 Å². The largest absolute Gasteiger partial charge is 0.491 e. The van der Waals surface area contributed by atoms with Gasteiger partial charge in [-0.15, -0.1) is 11.3 Å². The van der Waals surface area contributed by atoms with E-state index >= 15 is 0 Å². The summed E-state index contributed by atoms with van der Waals surface area (Å²) in [6.07, 6.45) is 1.70. The van der Waals surface area contributed by atoms with Gasteiger partial charge in [0.05, 0.1) is 6.04 Å². The molecule has 0 radical (unpaired) electrons. The van der Waals surface area contributed by atoms with Gasteiger partial charge in [-0.25, -0.2) is 4.39 Å². The Kier molecular flexibility index (Phi) is 8.18. The average molecular weight is 495 g/mol. The van der Waals surface area contributed by atoms with Gasteiger partial charge in [0.1, 0.15) is 24.7 Å². The van der Waals surface area contributed by atoms with E-state index < -0.39 is 0 Å². The van der Waals surface area contributed by atoms with Crippen LogP contribution in [0, 0.1) is 11.7 Å². The Bertz CT molecular complexity index is 1130. The maximum absolute atomic E-state index is 13.6. The van der Waals surface area contributed by atoms with Crippen LogP contribution < -0.4 is 4.74 Å². The predicted molar refractivity (Wildman–Crippen MR) is 136 cm³/mol. The Labute approximate surface area is 210 Å². The molecule has 2 heterocycles. The molecule has 1 aliphatic heterocycles. The van der Waals surface area contributed by atoms with Crippen molar-refractivity contribution in [3.8, 4) is 5.75 Å². The van der Waals surface area contributed by atoms with Crippen LogP contribution in [0.3, 0.4) is 0 Å². The van der Waals surface area contributed by atoms with Gasteiger partial charge < -0.3 is 14.5 Å². The van der Waals surface area contributed by atoms with Gasteiger partial charge in [0.25, 0.3) is 5.91 Å². The third-order valence-electron chi connectivity index (χ3n) is 6.50. The van der Waals surface area contributed by atoms with E-state index in [0.717, 1.165) is 18.4 Å². The number of carbonyl (C=O) groups excluding carboxylic acids is 2. The van der Waals surface area contributed by atoms with Gasteiger partial charge in [0, 0.05) is 23.5 Å². The van der Waals surface area contributed by atoms with Crippen LogP contribution >= 0.6 is 11.3 Å². The van der Waals surface area contributed by atoms with Crippen molar-refractivity contribution < 1.29 is 18.7 Å². The van der Waals surface area contributed by atoms with Crippen LogP contribution in [0.25, 0.3) is 0 Å². The highest BCUT2D eigenvalue weighted by atomic mass is 32.1. The third kappa shape index (κ3) is 6.09. The van der Waals surface area contributed by atoms with Crippen LogP contribution in [0.5, 0.6) is 5.75 Å². The fourth-order valence-electron chi connectivity index (χ4n) is 4.32. The van der Waals surface area contributed by atoms with Crippen molar-refractivity contribution in [1.82, 2.24) is 9.80 Å². The summed E-state index contributed by atoms with van der Waals surface area (Å²) in [5.41, 5.74) is 1.66. The molecule has 35 heavy (non-hydrogen) atoms. The fourth-order valence-corrected chi connectivity index (χ4v) is 5.25. The zero-order valence-corrected chi connectivity index (χ0v) is 21.0. The minimum Gasteiger partial charge on any atom is -0.491 e. The van der Waals surface area contributed by atoms with Gasteiger partial charge >= 0.3 is 0 Å². The number of nitrogens with zero attached hydrogens (tertiary/aromatic N) is 2.